The van der Waals surface area contributed by atoms with Crippen LogP contribution in [0.5, 0.6) is 0 Å². The number of rotatable bonds is 3. The summed E-state index contributed by atoms with van der Waals surface area (Å²) < 4.78 is 38.1. The summed E-state index contributed by atoms with van der Waals surface area (Å²) in [6, 6.07) is 11.9. The van der Waals surface area contributed by atoms with Crippen molar-refractivity contribution < 1.29 is 18.0 Å². The van der Waals surface area contributed by atoms with E-state index in [0.717, 1.165) is 37.0 Å². The molecule has 25 heavy (non-hydrogen) atoms. The molecule has 2 aromatic rings. The van der Waals surface area contributed by atoms with Crippen LogP contribution in [0.3, 0.4) is 0 Å². The zero-order chi connectivity index (χ0) is 18.0. The van der Waals surface area contributed by atoms with E-state index in [1.165, 1.54) is 12.1 Å². The molecule has 0 radical (unpaired) electrons. The molecule has 1 aliphatic carbocycles. The Morgan fingerprint density at radius 2 is 1.72 bits per heavy atom. The summed E-state index contributed by atoms with van der Waals surface area (Å²) in [5.41, 5.74) is 0.558. The van der Waals surface area contributed by atoms with Crippen molar-refractivity contribution in [1.82, 2.24) is 5.32 Å². The molecule has 1 N–H and O–H groups in total. The fourth-order valence-electron chi connectivity index (χ4n) is 3.34. The molecular formula is C19H17ClF3NO. The van der Waals surface area contributed by atoms with Gasteiger partial charge in [0.1, 0.15) is 0 Å². The van der Waals surface area contributed by atoms with Gasteiger partial charge in [-0.25, -0.2) is 0 Å². The highest BCUT2D eigenvalue weighted by Gasteiger charge is 2.33. The van der Waals surface area contributed by atoms with Crippen molar-refractivity contribution in [2.75, 3.05) is 0 Å². The fourth-order valence-corrected chi connectivity index (χ4v) is 3.56. The van der Waals surface area contributed by atoms with Crippen LogP contribution in [0, 0.1) is 0 Å². The first kappa shape index (κ1) is 17.8. The molecule has 0 aromatic heterocycles. The second kappa shape index (κ2) is 7.08. The van der Waals surface area contributed by atoms with Crippen LogP contribution in [0.15, 0.2) is 48.5 Å². The van der Waals surface area contributed by atoms with E-state index in [0.29, 0.717) is 10.6 Å². The third-order valence-corrected chi connectivity index (χ3v) is 4.95. The van der Waals surface area contributed by atoms with Crippen molar-refractivity contribution in [2.24, 2.45) is 0 Å². The molecule has 132 valence electrons. The molecule has 2 aromatic carbocycles. The van der Waals surface area contributed by atoms with Crippen LogP contribution >= 0.6 is 11.6 Å². The van der Waals surface area contributed by atoms with Gasteiger partial charge in [0.2, 0.25) is 0 Å². The lowest BCUT2D eigenvalue weighted by Gasteiger charge is -2.22. The van der Waals surface area contributed by atoms with E-state index in [2.05, 4.69) is 5.32 Å². The number of benzene rings is 2. The van der Waals surface area contributed by atoms with Crippen LogP contribution in [0.4, 0.5) is 13.2 Å². The second-order valence-corrected chi connectivity index (χ2v) is 6.62. The number of hydrogen-bond donors (Lipinski definition) is 1. The lowest BCUT2D eigenvalue weighted by molar-refractivity contribution is -0.137. The molecule has 3 rings (SSSR count). The van der Waals surface area contributed by atoms with Crippen molar-refractivity contribution >= 4 is 17.5 Å². The molecule has 0 saturated heterocycles. The van der Waals surface area contributed by atoms with Gasteiger partial charge in [-0.15, -0.1) is 0 Å². The largest absolute Gasteiger partial charge is 0.416 e. The van der Waals surface area contributed by atoms with Crippen LogP contribution in [0.25, 0.3) is 0 Å². The molecule has 1 amide bonds. The minimum atomic E-state index is -4.34. The van der Waals surface area contributed by atoms with Gasteiger partial charge in [0.25, 0.3) is 5.91 Å². The zero-order valence-corrected chi connectivity index (χ0v) is 14.1. The van der Waals surface area contributed by atoms with E-state index in [9.17, 15) is 18.0 Å². The average Bonchev–Trinajstić information content (AvgIpc) is 3.02. The van der Waals surface area contributed by atoms with Gasteiger partial charge in [-0.2, -0.15) is 13.2 Å². The summed E-state index contributed by atoms with van der Waals surface area (Å²) in [7, 11) is 0. The number of alkyl halides is 3. The molecule has 1 fully saturated rings. The highest BCUT2D eigenvalue weighted by Crippen LogP contribution is 2.37. The van der Waals surface area contributed by atoms with Crippen LogP contribution in [0.2, 0.25) is 5.02 Å². The molecule has 6 heteroatoms. The van der Waals surface area contributed by atoms with Gasteiger partial charge in [0.05, 0.1) is 16.1 Å². The normalized spacial score (nSPS) is 20.5. The Kier molecular flexibility index (Phi) is 5.04. The molecule has 2 atom stereocenters. The number of amides is 1. The Morgan fingerprint density at radius 3 is 2.36 bits per heavy atom. The van der Waals surface area contributed by atoms with Crippen molar-refractivity contribution in [3.8, 4) is 0 Å². The molecule has 0 unspecified atom stereocenters. The predicted octanol–water partition coefficient (Wildman–Crippen LogP) is 5.42. The van der Waals surface area contributed by atoms with E-state index >= 15 is 0 Å². The summed E-state index contributed by atoms with van der Waals surface area (Å²) in [4.78, 5) is 12.4. The van der Waals surface area contributed by atoms with Gasteiger partial charge in [0, 0.05) is 12.0 Å². The molecule has 0 aliphatic heterocycles. The maximum absolute atomic E-state index is 12.7. The molecule has 1 saturated carbocycles. The molecule has 0 bridgehead atoms. The summed E-state index contributed by atoms with van der Waals surface area (Å²) in [6.45, 7) is 0. The molecule has 2 nitrogen and oxygen atoms in total. The van der Waals surface area contributed by atoms with Crippen molar-refractivity contribution in [2.45, 2.75) is 37.4 Å². The van der Waals surface area contributed by atoms with Gasteiger partial charge < -0.3 is 5.32 Å². The van der Waals surface area contributed by atoms with E-state index in [1.807, 2.05) is 0 Å². The van der Waals surface area contributed by atoms with Crippen molar-refractivity contribution in [3.05, 3.63) is 70.2 Å². The summed E-state index contributed by atoms with van der Waals surface area (Å²) in [5, 5.41) is 3.36. The molecular weight excluding hydrogens is 351 g/mol. The molecule has 0 spiro atoms. The third kappa shape index (κ3) is 3.98. The fraction of sp³-hybridized carbons (Fsp3) is 0.316. The smallest absolute Gasteiger partial charge is 0.349 e. The van der Waals surface area contributed by atoms with Crippen molar-refractivity contribution in [3.63, 3.8) is 0 Å². The topological polar surface area (TPSA) is 29.1 Å². The first-order chi connectivity index (χ1) is 11.9. The van der Waals surface area contributed by atoms with Crippen LogP contribution < -0.4 is 5.32 Å². The quantitative estimate of drug-likeness (QED) is 0.770. The average molecular weight is 368 g/mol. The first-order valence-corrected chi connectivity index (χ1v) is 8.46. The maximum Gasteiger partial charge on any atom is 0.416 e. The summed E-state index contributed by atoms with van der Waals surface area (Å²) in [5.74, 6) is -0.247. The maximum atomic E-state index is 12.7. The Hall–Kier alpha value is -2.01. The Bertz CT molecular complexity index is 758. The van der Waals surface area contributed by atoms with Gasteiger partial charge in [-0.3, -0.25) is 4.79 Å². The highest BCUT2D eigenvalue weighted by atomic mass is 35.5. The van der Waals surface area contributed by atoms with E-state index in [-0.39, 0.29) is 17.9 Å². The lowest BCUT2D eigenvalue weighted by Crippen LogP contribution is -2.36. The monoisotopic (exact) mass is 367 g/mol. The van der Waals surface area contributed by atoms with E-state index in [4.69, 9.17) is 11.6 Å². The lowest BCUT2D eigenvalue weighted by atomic mass is 9.93. The van der Waals surface area contributed by atoms with E-state index < -0.39 is 11.7 Å². The number of halogens is 4. The Morgan fingerprint density at radius 1 is 1.04 bits per heavy atom. The van der Waals surface area contributed by atoms with Gasteiger partial charge in [0.15, 0.2) is 0 Å². The van der Waals surface area contributed by atoms with Gasteiger partial charge >= 0.3 is 6.18 Å². The molecule has 0 heterocycles. The number of nitrogens with one attached hydrogen (secondary N) is 1. The first-order valence-electron chi connectivity index (χ1n) is 8.09. The number of carbonyl (C=O) groups excluding carboxylic acids is 1. The zero-order valence-electron chi connectivity index (χ0n) is 13.3. The van der Waals surface area contributed by atoms with Gasteiger partial charge in [-0.05, 0) is 42.7 Å². The third-order valence-electron chi connectivity index (χ3n) is 4.62. The predicted molar refractivity (Wildman–Crippen MR) is 90.7 cm³/mol. The van der Waals surface area contributed by atoms with Crippen LogP contribution in [-0.4, -0.2) is 11.9 Å². The van der Waals surface area contributed by atoms with Crippen LogP contribution in [-0.2, 0) is 6.18 Å². The van der Waals surface area contributed by atoms with Gasteiger partial charge in [-0.1, -0.05) is 42.3 Å². The number of carbonyl (C=O) groups is 1. The van der Waals surface area contributed by atoms with Crippen LogP contribution in [0.1, 0.15) is 46.7 Å². The van der Waals surface area contributed by atoms with Crippen molar-refractivity contribution in [1.29, 1.82) is 0 Å². The SMILES string of the molecule is O=C(N[C@@H]1CCC[C@@H]1c1ccc(C(F)(F)F)cc1)c1ccccc1Cl. The summed E-state index contributed by atoms with van der Waals surface area (Å²) in [6.07, 6.45) is -1.80. The minimum Gasteiger partial charge on any atom is -0.349 e. The minimum absolute atomic E-state index is 0.00808. The van der Waals surface area contributed by atoms with E-state index in [1.54, 1.807) is 24.3 Å². The number of hydrogen-bond acceptors (Lipinski definition) is 1. The summed E-state index contributed by atoms with van der Waals surface area (Å²) >= 11 is 6.05. The Labute approximate surface area is 149 Å². The standard InChI is InChI=1S/C19H17ClF3NO/c20-16-6-2-1-4-15(16)18(25)24-17-7-3-5-14(17)12-8-10-13(11-9-12)19(21,22)23/h1-2,4,6,8-11,14,17H,3,5,7H2,(H,24,25)/t14-,17-/m1/s1. The molecule has 1 aliphatic rings. The Balaban J connectivity index is 1.75. The highest BCUT2D eigenvalue weighted by molar-refractivity contribution is 6.33. The second-order valence-electron chi connectivity index (χ2n) is 6.22.